The van der Waals surface area contributed by atoms with Crippen molar-refractivity contribution in [3.8, 4) is 0 Å². The molecule has 0 amide bonds. The van der Waals surface area contributed by atoms with Gasteiger partial charge in [-0.3, -0.25) is 0 Å². The van der Waals surface area contributed by atoms with E-state index in [1.165, 1.54) is 19.3 Å². The quantitative estimate of drug-likeness (QED) is 0.302. The van der Waals surface area contributed by atoms with Gasteiger partial charge in [0.2, 0.25) is 0 Å². The molecule has 0 aliphatic rings. The molecule has 0 heterocycles. The maximum atomic E-state index is 10.5. The lowest BCUT2D eigenvalue weighted by molar-refractivity contribution is 0.0169. The summed E-state index contributed by atoms with van der Waals surface area (Å²) in [4.78, 5) is 0. The van der Waals surface area contributed by atoms with E-state index < -0.39 is 8.32 Å². The average Bonchev–Trinajstić information content (AvgIpc) is 2.38. The molecule has 0 aromatic rings. The van der Waals surface area contributed by atoms with Crippen molar-refractivity contribution in [3.63, 3.8) is 0 Å². The van der Waals surface area contributed by atoms with Crippen LogP contribution < -0.4 is 0 Å². The minimum absolute atomic E-state index is 0.0114. The maximum absolute atomic E-state index is 10.5. The van der Waals surface area contributed by atoms with Crippen molar-refractivity contribution in [2.75, 3.05) is 0 Å². The van der Waals surface area contributed by atoms with Gasteiger partial charge in [-0.15, -0.1) is 6.58 Å². The predicted octanol–water partition coefficient (Wildman–Crippen LogP) is 5.67. The van der Waals surface area contributed by atoms with Gasteiger partial charge < -0.3 is 9.53 Å². The van der Waals surface area contributed by atoms with Crippen molar-refractivity contribution < 1.29 is 9.53 Å². The third-order valence-electron chi connectivity index (χ3n) is 4.69. The topological polar surface area (TPSA) is 29.5 Å². The maximum Gasteiger partial charge on any atom is 0.192 e. The van der Waals surface area contributed by atoms with Crippen molar-refractivity contribution in [3.05, 3.63) is 12.7 Å². The molecule has 21 heavy (non-hydrogen) atoms. The fourth-order valence-corrected chi connectivity index (χ4v) is 3.52. The Morgan fingerprint density at radius 3 is 2.24 bits per heavy atom. The van der Waals surface area contributed by atoms with Crippen LogP contribution in [0.1, 0.15) is 72.6 Å². The molecule has 0 radical (unpaired) electrons. The Bertz CT molecular complexity index is 281. The van der Waals surface area contributed by atoms with E-state index in [-0.39, 0.29) is 17.2 Å². The van der Waals surface area contributed by atoms with Gasteiger partial charge in [0.25, 0.3) is 0 Å². The average molecular weight is 315 g/mol. The molecular weight excluding hydrogens is 276 g/mol. The molecule has 1 N–H and O–H groups in total. The van der Waals surface area contributed by atoms with Gasteiger partial charge in [0.1, 0.15) is 0 Å². The fourth-order valence-electron chi connectivity index (χ4n) is 2.13. The van der Waals surface area contributed by atoms with Crippen molar-refractivity contribution in [2.24, 2.45) is 0 Å². The first kappa shape index (κ1) is 20.9. The van der Waals surface area contributed by atoms with Crippen LogP contribution in [0.3, 0.4) is 0 Å². The molecule has 0 aromatic carbocycles. The zero-order valence-corrected chi connectivity index (χ0v) is 16.2. The minimum atomic E-state index is -1.82. The van der Waals surface area contributed by atoms with Gasteiger partial charge in [0.05, 0.1) is 12.2 Å². The van der Waals surface area contributed by atoms with Crippen LogP contribution in [0.25, 0.3) is 0 Å². The van der Waals surface area contributed by atoms with E-state index in [0.717, 1.165) is 25.7 Å². The van der Waals surface area contributed by atoms with Crippen molar-refractivity contribution in [2.45, 2.75) is 103 Å². The van der Waals surface area contributed by atoms with Crippen LogP contribution in [0, 0.1) is 0 Å². The Morgan fingerprint density at radius 2 is 1.76 bits per heavy atom. The number of hydrogen-bond acceptors (Lipinski definition) is 2. The monoisotopic (exact) mass is 314 g/mol. The van der Waals surface area contributed by atoms with E-state index in [9.17, 15) is 5.11 Å². The summed E-state index contributed by atoms with van der Waals surface area (Å²) in [6.07, 6.45) is 9.00. The zero-order chi connectivity index (χ0) is 16.5. The molecule has 0 aliphatic carbocycles. The number of aliphatic hydroxyl groups is 1. The SMILES string of the molecule is C=CCCC(O)C(CCCCCC)O[Si](C)(C)C(C)(C)C. The predicted molar refractivity (Wildman–Crippen MR) is 96.3 cm³/mol. The highest BCUT2D eigenvalue weighted by molar-refractivity contribution is 6.74. The molecule has 0 saturated carbocycles. The second kappa shape index (κ2) is 9.81. The van der Waals surface area contributed by atoms with Crippen molar-refractivity contribution in [1.29, 1.82) is 0 Å². The van der Waals surface area contributed by atoms with Gasteiger partial charge in [0, 0.05) is 0 Å². The number of aliphatic hydroxyl groups excluding tert-OH is 1. The van der Waals surface area contributed by atoms with E-state index in [1.54, 1.807) is 0 Å². The van der Waals surface area contributed by atoms with Gasteiger partial charge in [0.15, 0.2) is 8.32 Å². The van der Waals surface area contributed by atoms with Crippen LogP contribution in [0.15, 0.2) is 12.7 Å². The Labute approximate surface area is 134 Å². The van der Waals surface area contributed by atoms with E-state index in [4.69, 9.17) is 4.43 Å². The molecule has 0 saturated heterocycles. The summed E-state index contributed by atoms with van der Waals surface area (Å²) < 4.78 is 6.50. The molecular formula is C18H38O2Si. The lowest BCUT2D eigenvalue weighted by atomic mass is 10.0. The zero-order valence-electron chi connectivity index (χ0n) is 15.2. The van der Waals surface area contributed by atoms with Crippen LogP contribution in [-0.4, -0.2) is 25.6 Å². The first-order valence-corrected chi connectivity index (χ1v) is 11.5. The Morgan fingerprint density at radius 1 is 1.14 bits per heavy atom. The van der Waals surface area contributed by atoms with E-state index in [1.807, 2.05) is 6.08 Å². The summed E-state index contributed by atoms with van der Waals surface area (Å²) >= 11 is 0. The van der Waals surface area contributed by atoms with E-state index >= 15 is 0 Å². The van der Waals surface area contributed by atoms with Crippen LogP contribution >= 0.6 is 0 Å². The molecule has 0 rings (SSSR count). The second-order valence-corrected chi connectivity index (χ2v) is 12.5. The fraction of sp³-hybridized carbons (Fsp3) is 0.889. The summed E-state index contributed by atoms with van der Waals surface area (Å²) in [6.45, 7) is 17.3. The smallest absolute Gasteiger partial charge is 0.192 e. The standard InChI is InChI=1S/C18H38O2Si/c1-8-10-12-13-15-17(16(19)14-11-9-2)20-21(6,7)18(3,4)5/h9,16-17,19H,2,8,10-15H2,1,3-7H3. The largest absolute Gasteiger partial charge is 0.411 e. The summed E-state index contributed by atoms with van der Waals surface area (Å²) in [5.41, 5.74) is 0. The Balaban J connectivity index is 4.66. The molecule has 2 unspecified atom stereocenters. The van der Waals surface area contributed by atoms with E-state index in [0.29, 0.717) is 0 Å². The second-order valence-electron chi connectivity index (χ2n) is 7.70. The Hall–Kier alpha value is -0.123. The molecule has 0 fully saturated rings. The summed E-state index contributed by atoms with van der Waals surface area (Å²) in [5.74, 6) is 0. The van der Waals surface area contributed by atoms with E-state index in [2.05, 4.69) is 47.4 Å². The molecule has 126 valence electrons. The van der Waals surface area contributed by atoms with Crippen molar-refractivity contribution in [1.82, 2.24) is 0 Å². The highest BCUT2D eigenvalue weighted by atomic mass is 28.4. The molecule has 2 nitrogen and oxygen atoms in total. The van der Waals surface area contributed by atoms with Gasteiger partial charge in [-0.2, -0.15) is 0 Å². The molecule has 0 aromatic heterocycles. The lowest BCUT2D eigenvalue weighted by Crippen LogP contribution is -2.47. The van der Waals surface area contributed by atoms with Gasteiger partial charge in [-0.1, -0.05) is 59.5 Å². The number of hydrogen-bond donors (Lipinski definition) is 1. The molecule has 2 atom stereocenters. The minimum Gasteiger partial charge on any atom is -0.411 e. The highest BCUT2D eigenvalue weighted by Crippen LogP contribution is 2.38. The van der Waals surface area contributed by atoms with Crippen LogP contribution in [0.4, 0.5) is 0 Å². The number of unbranched alkanes of at least 4 members (excludes halogenated alkanes) is 3. The van der Waals surface area contributed by atoms with Gasteiger partial charge in [-0.25, -0.2) is 0 Å². The highest BCUT2D eigenvalue weighted by Gasteiger charge is 2.40. The summed E-state index contributed by atoms with van der Waals surface area (Å²) in [6, 6.07) is 0. The Kier molecular flexibility index (Phi) is 9.75. The number of allylic oxidation sites excluding steroid dienone is 1. The summed E-state index contributed by atoms with van der Waals surface area (Å²) in [7, 11) is -1.82. The summed E-state index contributed by atoms with van der Waals surface area (Å²) in [5, 5.41) is 10.7. The third-order valence-corrected chi connectivity index (χ3v) is 9.19. The number of rotatable bonds is 11. The van der Waals surface area contributed by atoms with Gasteiger partial charge >= 0.3 is 0 Å². The first-order chi connectivity index (χ1) is 9.65. The van der Waals surface area contributed by atoms with Crippen LogP contribution in [-0.2, 0) is 4.43 Å². The van der Waals surface area contributed by atoms with Gasteiger partial charge in [-0.05, 0) is 37.4 Å². The van der Waals surface area contributed by atoms with Crippen molar-refractivity contribution >= 4 is 8.32 Å². The molecule has 0 spiro atoms. The van der Waals surface area contributed by atoms with Crippen LogP contribution in [0.5, 0.6) is 0 Å². The van der Waals surface area contributed by atoms with Crippen LogP contribution in [0.2, 0.25) is 18.1 Å². The normalized spacial score (nSPS) is 15.8. The third kappa shape index (κ3) is 8.17. The molecule has 0 bridgehead atoms. The molecule has 0 aliphatic heterocycles. The lowest BCUT2D eigenvalue weighted by Gasteiger charge is -2.40. The molecule has 3 heteroatoms. The first-order valence-electron chi connectivity index (χ1n) is 8.62.